The minimum atomic E-state index is 0. The van der Waals surface area contributed by atoms with Crippen molar-refractivity contribution in [1.82, 2.24) is 0 Å². The first-order valence-electron chi connectivity index (χ1n) is 4.92. The SMILES string of the molecule is [Pd+2].c1ccc(OCC2CC[N-]OC2)cc1. The summed E-state index contributed by atoms with van der Waals surface area (Å²) in [6, 6.07) is 9.86. The molecule has 0 aromatic heterocycles. The van der Waals surface area contributed by atoms with Crippen LogP contribution in [0, 0.1) is 5.92 Å². The zero-order valence-corrected chi connectivity index (χ0v) is 9.93. The summed E-state index contributed by atoms with van der Waals surface area (Å²) in [6.45, 7) is 2.20. The summed E-state index contributed by atoms with van der Waals surface area (Å²) in [5.74, 6) is 1.41. The zero-order chi connectivity index (χ0) is 9.64. The molecular formula is C11H14NO2Pd+. The van der Waals surface area contributed by atoms with E-state index in [4.69, 9.17) is 9.57 Å². The van der Waals surface area contributed by atoms with Crippen LogP contribution >= 0.6 is 0 Å². The summed E-state index contributed by atoms with van der Waals surface area (Å²) in [6.07, 6.45) is 1.06. The van der Waals surface area contributed by atoms with Crippen molar-refractivity contribution in [2.45, 2.75) is 6.42 Å². The van der Waals surface area contributed by atoms with Gasteiger partial charge in [0.15, 0.2) is 0 Å². The average molecular weight is 299 g/mol. The van der Waals surface area contributed by atoms with Gasteiger partial charge in [0.05, 0.1) is 6.61 Å². The molecule has 1 fully saturated rings. The van der Waals surface area contributed by atoms with Gasteiger partial charge in [-0.2, -0.15) is 0 Å². The van der Waals surface area contributed by atoms with E-state index in [0.29, 0.717) is 12.5 Å². The first-order valence-corrected chi connectivity index (χ1v) is 4.92. The van der Waals surface area contributed by atoms with E-state index in [1.807, 2.05) is 30.3 Å². The molecule has 1 aromatic rings. The fourth-order valence-electron chi connectivity index (χ4n) is 1.40. The molecule has 0 N–H and O–H groups in total. The van der Waals surface area contributed by atoms with Crippen molar-refractivity contribution in [2.24, 2.45) is 5.92 Å². The third-order valence-electron chi connectivity index (χ3n) is 2.26. The minimum Gasteiger partial charge on any atom is -0.534 e. The van der Waals surface area contributed by atoms with Crippen molar-refractivity contribution < 1.29 is 30.0 Å². The van der Waals surface area contributed by atoms with Crippen LogP contribution in [0.4, 0.5) is 0 Å². The molecule has 3 nitrogen and oxygen atoms in total. The predicted molar refractivity (Wildman–Crippen MR) is 54.2 cm³/mol. The van der Waals surface area contributed by atoms with E-state index < -0.39 is 0 Å². The van der Waals surface area contributed by atoms with Gasteiger partial charge in [-0.25, -0.2) is 0 Å². The summed E-state index contributed by atoms with van der Waals surface area (Å²) in [4.78, 5) is 5.02. The van der Waals surface area contributed by atoms with Crippen molar-refractivity contribution in [3.63, 3.8) is 0 Å². The number of hydrogen-bond acceptors (Lipinski definition) is 2. The van der Waals surface area contributed by atoms with Crippen molar-refractivity contribution in [1.29, 1.82) is 0 Å². The number of benzene rings is 1. The molecule has 1 saturated heterocycles. The molecule has 0 radical (unpaired) electrons. The van der Waals surface area contributed by atoms with Crippen LogP contribution in [0.5, 0.6) is 5.75 Å². The topological polar surface area (TPSA) is 32.6 Å². The van der Waals surface area contributed by atoms with Crippen LogP contribution in [-0.2, 0) is 25.3 Å². The number of ether oxygens (including phenoxy) is 1. The molecule has 1 heterocycles. The first-order chi connectivity index (χ1) is 6.95. The van der Waals surface area contributed by atoms with Crippen LogP contribution < -0.4 is 4.74 Å². The monoisotopic (exact) mass is 298 g/mol. The fraction of sp³-hybridized carbons (Fsp3) is 0.455. The molecule has 1 aliphatic heterocycles. The molecular weight excluding hydrogens is 285 g/mol. The molecule has 0 spiro atoms. The van der Waals surface area contributed by atoms with Crippen molar-refractivity contribution in [3.05, 3.63) is 35.8 Å². The smallest absolute Gasteiger partial charge is 0.534 e. The van der Waals surface area contributed by atoms with Gasteiger partial charge < -0.3 is 15.1 Å². The molecule has 15 heavy (non-hydrogen) atoms. The Morgan fingerprint density at radius 2 is 2.13 bits per heavy atom. The summed E-state index contributed by atoms with van der Waals surface area (Å²) >= 11 is 0. The van der Waals surface area contributed by atoms with Crippen LogP contribution in [0.3, 0.4) is 0 Å². The van der Waals surface area contributed by atoms with Crippen molar-refractivity contribution in [2.75, 3.05) is 19.8 Å². The second kappa shape index (κ2) is 6.97. The largest absolute Gasteiger partial charge is 2.00 e. The summed E-state index contributed by atoms with van der Waals surface area (Å²) in [7, 11) is 0. The molecule has 0 aliphatic carbocycles. The van der Waals surface area contributed by atoms with Gasteiger partial charge in [-0.15, -0.1) is 6.54 Å². The number of rotatable bonds is 3. The third-order valence-corrected chi connectivity index (χ3v) is 2.26. The Morgan fingerprint density at radius 3 is 2.80 bits per heavy atom. The third kappa shape index (κ3) is 4.31. The molecule has 1 aliphatic rings. The van der Waals surface area contributed by atoms with Gasteiger partial charge in [0.2, 0.25) is 0 Å². The van der Waals surface area contributed by atoms with Crippen LogP contribution in [-0.4, -0.2) is 19.8 Å². The number of hydroxylamine groups is 1. The van der Waals surface area contributed by atoms with Gasteiger partial charge in [0.25, 0.3) is 0 Å². The van der Waals surface area contributed by atoms with Gasteiger partial charge in [-0.3, -0.25) is 0 Å². The van der Waals surface area contributed by atoms with Crippen LogP contribution in [0.25, 0.3) is 5.48 Å². The first kappa shape index (κ1) is 12.7. The van der Waals surface area contributed by atoms with Crippen LogP contribution in [0.2, 0.25) is 0 Å². The van der Waals surface area contributed by atoms with Crippen molar-refractivity contribution in [3.8, 4) is 5.75 Å². The van der Waals surface area contributed by atoms with Crippen molar-refractivity contribution >= 4 is 0 Å². The Bertz CT molecular complexity index is 263. The molecule has 84 valence electrons. The van der Waals surface area contributed by atoms with E-state index in [9.17, 15) is 0 Å². The molecule has 0 amide bonds. The quantitative estimate of drug-likeness (QED) is 0.803. The second-order valence-electron chi connectivity index (χ2n) is 3.43. The Kier molecular flexibility index (Phi) is 5.89. The fourth-order valence-corrected chi connectivity index (χ4v) is 1.40. The van der Waals surface area contributed by atoms with E-state index >= 15 is 0 Å². The Labute approximate surface area is 104 Å². The Morgan fingerprint density at radius 1 is 1.33 bits per heavy atom. The Hall–Kier alpha value is -0.398. The molecule has 0 saturated carbocycles. The van der Waals surface area contributed by atoms with Crippen LogP contribution in [0.15, 0.2) is 30.3 Å². The van der Waals surface area contributed by atoms with E-state index in [1.165, 1.54) is 0 Å². The standard InChI is InChI=1S/C11H14NO2.Pd/c1-2-4-11(5-3-1)13-8-10-6-7-12-14-9-10;/h1-5,10H,6-9H2;/q-1;+2. The normalized spacial score (nSPS) is 20.4. The van der Waals surface area contributed by atoms with Gasteiger partial charge >= 0.3 is 20.4 Å². The van der Waals surface area contributed by atoms with E-state index in [1.54, 1.807) is 0 Å². The minimum absolute atomic E-state index is 0. The van der Waals surface area contributed by atoms with E-state index in [0.717, 1.165) is 25.3 Å². The van der Waals surface area contributed by atoms with Gasteiger partial charge in [0.1, 0.15) is 5.75 Å². The van der Waals surface area contributed by atoms with E-state index in [2.05, 4.69) is 5.48 Å². The molecule has 0 bridgehead atoms. The summed E-state index contributed by atoms with van der Waals surface area (Å²) in [5.41, 5.74) is 3.83. The second-order valence-corrected chi connectivity index (χ2v) is 3.43. The number of nitrogens with zero attached hydrogens (tertiary/aromatic N) is 1. The maximum Gasteiger partial charge on any atom is 2.00 e. The van der Waals surface area contributed by atoms with Gasteiger partial charge in [-0.1, -0.05) is 24.6 Å². The van der Waals surface area contributed by atoms with Gasteiger partial charge in [0, 0.05) is 12.5 Å². The Balaban J connectivity index is 0.00000112. The average Bonchev–Trinajstić information content (AvgIpc) is 2.29. The predicted octanol–water partition coefficient (Wildman–Crippen LogP) is 2.39. The maximum atomic E-state index is 5.62. The summed E-state index contributed by atoms with van der Waals surface area (Å²) < 4.78 is 5.62. The van der Waals surface area contributed by atoms with Crippen LogP contribution in [0.1, 0.15) is 6.42 Å². The maximum absolute atomic E-state index is 5.62. The zero-order valence-electron chi connectivity index (χ0n) is 8.37. The number of hydrogen-bond donors (Lipinski definition) is 0. The molecule has 1 aromatic carbocycles. The van der Waals surface area contributed by atoms with E-state index in [-0.39, 0.29) is 20.4 Å². The molecule has 4 heteroatoms. The summed E-state index contributed by atoms with van der Waals surface area (Å²) in [5, 5.41) is 0. The molecule has 2 rings (SSSR count). The molecule has 1 atom stereocenters. The molecule has 1 unspecified atom stereocenters. The van der Waals surface area contributed by atoms with Gasteiger partial charge in [-0.05, 0) is 12.1 Å². The number of para-hydroxylation sites is 1.